The Morgan fingerprint density at radius 2 is 1.78 bits per heavy atom. The number of benzene rings is 2. The Hall–Kier alpha value is -2.04. The summed E-state index contributed by atoms with van der Waals surface area (Å²) in [7, 11) is 0. The minimum atomic E-state index is -0.943. The molecule has 1 atom stereocenters. The molecule has 0 aliphatic heterocycles. The van der Waals surface area contributed by atoms with Gasteiger partial charge in [-0.3, -0.25) is 4.79 Å². The zero-order valence-corrected chi connectivity index (χ0v) is 13.9. The van der Waals surface area contributed by atoms with Crippen molar-refractivity contribution in [3.05, 3.63) is 69.7 Å². The first kappa shape index (κ1) is 17.3. The highest BCUT2D eigenvalue weighted by Crippen LogP contribution is 2.26. The summed E-state index contributed by atoms with van der Waals surface area (Å²) >= 11 is 11.8. The van der Waals surface area contributed by atoms with Gasteiger partial charge in [-0.25, -0.2) is 4.79 Å². The Kier molecular flexibility index (Phi) is 6.02. The molecule has 2 rings (SSSR count). The van der Waals surface area contributed by atoms with E-state index in [0.717, 1.165) is 5.56 Å². The third kappa shape index (κ3) is 4.71. The van der Waals surface area contributed by atoms with Crippen molar-refractivity contribution in [2.24, 2.45) is 0 Å². The van der Waals surface area contributed by atoms with Gasteiger partial charge >= 0.3 is 5.97 Å². The quantitative estimate of drug-likeness (QED) is 0.832. The van der Waals surface area contributed by atoms with E-state index >= 15 is 0 Å². The second kappa shape index (κ2) is 7.99. The number of rotatable bonds is 5. The molecule has 0 unspecified atom stereocenters. The number of hydrogen-bond acceptors (Lipinski definition) is 3. The van der Waals surface area contributed by atoms with Gasteiger partial charge in [0.15, 0.2) is 6.10 Å². The summed E-state index contributed by atoms with van der Waals surface area (Å²) in [5.41, 5.74) is 1.08. The molecule has 0 bridgehead atoms. The first-order chi connectivity index (χ1) is 11.0. The lowest BCUT2D eigenvalue weighted by atomic mass is 10.2. The van der Waals surface area contributed by atoms with Crippen LogP contribution >= 0.6 is 23.2 Å². The smallest absolute Gasteiger partial charge is 0.340 e. The summed E-state index contributed by atoms with van der Waals surface area (Å²) < 4.78 is 5.13. The van der Waals surface area contributed by atoms with E-state index in [-0.39, 0.29) is 21.5 Å². The van der Waals surface area contributed by atoms with E-state index in [0.29, 0.717) is 6.54 Å². The van der Waals surface area contributed by atoms with Crippen LogP contribution in [0, 0.1) is 0 Å². The van der Waals surface area contributed by atoms with Crippen molar-refractivity contribution in [2.45, 2.75) is 19.6 Å². The number of amides is 1. The van der Waals surface area contributed by atoms with Crippen LogP contribution in [-0.2, 0) is 16.1 Å². The highest BCUT2D eigenvalue weighted by atomic mass is 35.5. The largest absolute Gasteiger partial charge is 0.449 e. The maximum absolute atomic E-state index is 12.1. The van der Waals surface area contributed by atoms with Crippen molar-refractivity contribution in [3.63, 3.8) is 0 Å². The van der Waals surface area contributed by atoms with Crippen molar-refractivity contribution >= 4 is 35.1 Å². The molecule has 1 N–H and O–H groups in total. The van der Waals surface area contributed by atoms with Crippen LogP contribution < -0.4 is 5.32 Å². The predicted octanol–water partition coefficient (Wildman–Crippen LogP) is 3.86. The second-order valence-corrected chi connectivity index (χ2v) is 5.64. The molecule has 1 amide bonds. The molecule has 0 spiro atoms. The molecule has 0 fully saturated rings. The first-order valence-electron chi connectivity index (χ1n) is 6.95. The Balaban J connectivity index is 1.92. The summed E-state index contributed by atoms with van der Waals surface area (Å²) in [4.78, 5) is 24.0. The summed E-state index contributed by atoms with van der Waals surface area (Å²) in [6, 6.07) is 14.1. The average molecular weight is 352 g/mol. The number of nitrogens with one attached hydrogen (secondary N) is 1. The van der Waals surface area contributed by atoms with Crippen LogP contribution in [-0.4, -0.2) is 18.0 Å². The lowest BCUT2D eigenvalue weighted by Gasteiger charge is -2.14. The van der Waals surface area contributed by atoms with Crippen LogP contribution in [0.3, 0.4) is 0 Å². The number of ether oxygens (including phenoxy) is 1. The van der Waals surface area contributed by atoms with Crippen molar-refractivity contribution < 1.29 is 14.3 Å². The van der Waals surface area contributed by atoms with Gasteiger partial charge in [0.1, 0.15) is 0 Å². The molecule has 2 aromatic carbocycles. The Morgan fingerprint density at radius 1 is 1.09 bits per heavy atom. The van der Waals surface area contributed by atoms with E-state index in [1.54, 1.807) is 12.1 Å². The molecular formula is C17H15Cl2NO3. The number of carbonyl (C=O) groups excluding carboxylic acids is 2. The summed E-state index contributed by atoms with van der Waals surface area (Å²) in [6.45, 7) is 1.86. The zero-order valence-electron chi connectivity index (χ0n) is 12.4. The Labute approximate surface area is 144 Å². The molecule has 120 valence electrons. The summed E-state index contributed by atoms with van der Waals surface area (Å²) in [5.74, 6) is -1.08. The van der Waals surface area contributed by atoms with E-state index in [1.165, 1.54) is 13.0 Å². The van der Waals surface area contributed by atoms with E-state index in [4.69, 9.17) is 27.9 Å². The molecule has 0 aromatic heterocycles. The van der Waals surface area contributed by atoms with E-state index < -0.39 is 12.1 Å². The van der Waals surface area contributed by atoms with Gasteiger partial charge in [-0.05, 0) is 24.6 Å². The van der Waals surface area contributed by atoms with Gasteiger partial charge in [-0.2, -0.15) is 0 Å². The molecular weight excluding hydrogens is 337 g/mol. The van der Waals surface area contributed by atoms with Crippen molar-refractivity contribution in [3.8, 4) is 0 Å². The summed E-state index contributed by atoms with van der Waals surface area (Å²) in [6.07, 6.45) is -0.943. The molecule has 2 aromatic rings. The molecule has 6 heteroatoms. The fourth-order valence-electron chi connectivity index (χ4n) is 1.87. The minimum absolute atomic E-state index is 0.107. The third-order valence-electron chi connectivity index (χ3n) is 3.13. The molecule has 0 aliphatic carbocycles. The molecule has 0 radical (unpaired) electrons. The highest BCUT2D eigenvalue weighted by Gasteiger charge is 2.21. The normalized spacial score (nSPS) is 11.6. The van der Waals surface area contributed by atoms with Crippen LogP contribution in [0.4, 0.5) is 0 Å². The molecule has 0 heterocycles. The first-order valence-corrected chi connectivity index (χ1v) is 7.71. The standard InChI is InChI=1S/C17H15Cl2NO3/c1-11(16(21)20-10-12-6-3-2-4-7-12)23-17(22)13-8-5-9-14(18)15(13)19/h2-9,11H,10H2,1H3,(H,20,21)/t11-/m1/s1. The number of halogens is 2. The molecule has 0 saturated carbocycles. The van der Waals surface area contributed by atoms with Crippen LogP contribution in [0.2, 0.25) is 10.0 Å². The van der Waals surface area contributed by atoms with Gasteiger partial charge in [0.2, 0.25) is 0 Å². The van der Waals surface area contributed by atoms with Crippen molar-refractivity contribution in [1.29, 1.82) is 0 Å². The van der Waals surface area contributed by atoms with Crippen molar-refractivity contribution in [2.75, 3.05) is 0 Å². The topological polar surface area (TPSA) is 55.4 Å². The fourth-order valence-corrected chi connectivity index (χ4v) is 2.25. The van der Waals surface area contributed by atoms with E-state index in [1.807, 2.05) is 30.3 Å². The molecule has 0 aliphatic rings. The lowest BCUT2D eigenvalue weighted by molar-refractivity contribution is -0.129. The fraction of sp³-hybridized carbons (Fsp3) is 0.176. The minimum Gasteiger partial charge on any atom is -0.449 e. The Bertz CT molecular complexity index is 704. The number of hydrogen-bond donors (Lipinski definition) is 1. The zero-order chi connectivity index (χ0) is 16.8. The van der Waals surface area contributed by atoms with Gasteiger partial charge in [0.05, 0.1) is 15.6 Å². The average Bonchev–Trinajstić information content (AvgIpc) is 2.55. The van der Waals surface area contributed by atoms with Crippen LogP contribution in [0.25, 0.3) is 0 Å². The summed E-state index contributed by atoms with van der Waals surface area (Å²) in [5, 5.41) is 3.07. The highest BCUT2D eigenvalue weighted by molar-refractivity contribution is 6.43. The Morgan fingerprint density at radius 3 is 2.48 bits per heavy atom. The lowest BCUT2D eigenvalue weighted by Crippen LogP contribution is -2.35. The van der Waals surface area contributed by atoms with Gasteiger partial charge in [-0.15, -0.1) is 0 Å². The molecule has 0 saturated heterocycles. The monoisotopic (exact) mass is 351 g/mol. The van der Waals surface area contributed by atoms with Crippen LogP contribution in [0.5, 0.6) is 0 Å². The number of carbonyl (C=O) groups is 2. The van der Waals surface area contributed by atoms with E-state index in [9.17, 15) is 9.59 Å². The van der Waals surface area contributed by atoms with Crippen molar-refractivity contribution in [1.82, 2.24) is 5.32 Å². The van der Waals surface area contributed by atoms with Gasteiger partial charge in [0.25, 0.3) is 5.91 Å². The third-order valence-corrected chi connectivity index (χ3v) is 3.95. The second-order valence-electron chi connectivity index (χ2n) is 4.85. The molecule has 4 nitrogen and oxygen atoms in total. The van der Waals surface area contributed by atoms with Crippen LogP contribution in [0.15, 0.2) is 48.5 Å². The maximum atomic E-state index is 12.1. The van der Waals surface area contributed by atoms with Gasteiger partial charge in [0, 0.05) is 6.54 Å². The maximum Gasteiger partial charge on any atom is 0.340 e. The van der Waals surface area contributed by atoms with Gasteiger partial charge < -0.3 is 10.1 Å². The molecule has 23 heavy (non-hydrogen) atoms. The predicted molar refractivity (Wildman–Crippen MR) is 89.6 cm³/mol. The van der Waals surface area contributed by atoms with E-state index in [2.05, 4.69) is 5.32 Å². The van der Waals surface area contributed by atoms with Gasteiger partial charge in [-0.1, -0.05) is 59.6 Å². The van der Waals surface area contributed by atoms with Crippen LogP contribution in [0.1, 0.15) is 22.8 Å². The number of esters is 1. The SMILES string of the molecule is C[C@@H](OC(=O)c1cccc(Cl)c1Cl)C(=O)NCc1ccccc1.